The highest BCUT2D eigenvalue weighted by atomic mass is 35.5. The molecule has 24 heavy (non-hydrogen) atoms. The van der Waals surface area contributed by atoms with E-state index < -0.39 is 11.9 Å². The zero-order chi connectivity index (χ0) is 17.1. The lowest BCUT2D eigenvalue weighted by molar-refractivity contribution is -0.148. The fraction of sp³-hybridized carbons (Fsp3) is 0.222. The quantitative estimate of drug-likeness (QED) is 0.608. The van der Waals surface area contributed by atoms with Crippen LogP contribution < -0.4 is 4.74 Å². The molecular formula is C18H14Cl2O4. The van der Waals surface area contributed by atoms with E-state index in [4.69, 9.17) is 32.7 Å². The van der Waals surface area contributed by atoms with E-state index in [-0.39, 0.29) is 24.0 Å². The van der Waals surface area contributed by atoms with Crippen LogP contribution in [0.5, 0.6) is 5.75 Å². The second-order valence-corrected chi connectivity index (χ2v) is 6.29. The molecule has 4 nitrogen and oxygen atoms in total. The molecule has 0 unspecified atom stereocenters. The summed E-state index contributed by atoms with van der Waals surface area (Å²) in [5, 5.41) is 0.648. The first kappa shape index (κ1) is 16.8. The fourth-order valence-corrected chi connectivity index (χ4v) is 2.78. The van der Waals surface area contributed by atoms with Gasteiger partial charge in [-0.1, -0.05) is 41.4 Å². The van der Waals surface area contributed by atoms with Crippen molar-refractivity contribution >= 4 is 35.0 Å². The van der Waals surface area contributed by atoms with Gasteiger partial charge in [-0.15, -0.1) is 0 Å². The van der Waals surface area contributed by atoms with E-state index in [0.29, 0.717) is 17.0 Å². The van der Waals surface area contributed by atoms with Crippen LogP contribution >= 0.6 is 23.2 Å². The predicted molar refractivity (Wildman–Crippen MR) is 90.9 cm³/mol. The zero-order valence-electron chi connectivity index (χ0n) is 12.6. The van der Waals surface area contributed by atoms with Crippen LogP contribution in [-0.2, 0) is 16.0 Å². The number of ether oxygens (including phenoxy) is 2. The van der Waals surface area contributed by atoms with Crippen LogP contribution in [0, 0.1) is 5.92 Å². The molecule has 124 valence electrons. The molecule has 6 heteroatoms. The van der Waals surface area contributed by atoms with Gasteiger partial charge in [-0.3, -0.25) is 9.59 Å². The van der Waals surface area contributed by atoms with Gasteiger partial charge in [-0.25, -0.2) is 0 Å². The van der Waals surface area contributed by atoms with Crippen LogP contribution in [0.25, 0.3) is 0 Å². The van der Waals surface area contributed by atoms with Gasteiger partial charge in [0.1, 0.15) is 12.4 Å². The van der Waals surface area contributed by atoms with Gasteiger partial charge in [-0.05, 0) is 36.2 Å². The van der Waals surface area contributed by atoms with Crippen molar-refractivity contribution in [1.82, 2.24) is 0 Å². The number of hydrogen-bond acceptors (Lipinski definition) is 4. The van der Waals surface area contributed by atoms with Crippen molar-refractivity contribution in [2.75, 3.05) is 13.2 Å². The smallest absolute Gasteiger partial charge is 0.313 e. The van der Waals surface area contributed by atoms with Crippen LogP contribution in [0.1, 0.15) is 15.9 Å². The molecule has 3 rings (SSSR count). The molecule has 1 aliphatic heterocycles. The number of esters is 1. The van der Waals surface area contributed by atoms with Crippen LogP contribution in [0.2, 0.25) is 10.0 Å². The molecule has 0 aliphatic carbocycles. The summed E-state index contributed by atoms with van der Waals surface area (Å²) < 4.78 is 10.7. The molecule has 1 aliphatic rings. The predicted octanol–water partition coefficient (Wildman–Crippen LogP) is 3.97. The Kier molecular flexibility index (Phi) is 5.07. The summed E-state index contributed by atoms with van der Waals surface area (Å²) in [6.45, 7) is -0.0915. The molecule has 0 saturated carbocycles. The van der Waals surface area contributed by atoms with E-state index >= 15 is 0 Å². The number of halogens is 2. The maximum absolute atomic E-state index is 12.2. The van der Waals surface area contributed by atoms with E-state index in [0.717, 1.165) is 11.3 Å². The number of rotatable bonds is 4. The number of para-hydroxylation sites is 1. The number of fused-ring (bicyclic) bond motifs is 1. The van der Waals surface area contributed by atoms with Gasteiger partial charge in [0, 0.05) is 5.56 Å². The molecule has 1 heterocycles. The molecule has 0 saturated heterocycles. The average Bonchev–Trinajstić information content (AvgIpc) is 2.61. The summed E-state index contributed by atoms with van der Waals surface area (Å²) in [7, 11) is 0. The molecular weight excluding hydrogens is 351 g/mol. The highest BCUT2D eigenvalue weighted by Gasteiger charge is 2.27. The third-order valence-corrected chi connectivity index (χ3v) is 4.54. The summed E-state index contributed by atoms with van der Waals surface area (Å²) in [6.07, 6.45) is 0.538. The summed E-state index contributed by atoms with van der Waals surface area (Å²) in [5.41, 5.74) is 1.31. The number of hydrogen-bond donors (Lipinski definition) is 0. The van der Waals surface area contributed by atoms with Crippen molar-refractivity contribution in [3.05, 3.63) is 63.6 Å². The van der Waals surface area contributed by atoms with Crippen molar-refractivity contribution in [1.29, 1.82) is 0 Å². The second-order valence-electron chi connectivity index (χ2n) is 5.48. The van der Waals surface area contributed by atoms with Crippen molar-refractivity contribution in [3.63, 3.8) is 0 Å². The van der Waals surface area contributed by atoms with Gasteiger partial charge in [-0.2, -0.15) is 0 Å². The standard InChI is InChI=1S/C18H14Cl2O4/c19-14-6-5-11(8-15(14)20)16(21)10-24-18(22)13-7-12-3-1-2-4-17(12)23-9-13/h1-6,8,13H,7,9-10H2/t13-/m1/s1. The zero-order valence-corrected chi connectivity index (χ0v) is 14.1. The van der Waals surface area contributed by atoms with E-state index in [1.165, 1.54) is 12.1 Å². The third kappa shape index (κ3) is 3.71. The number of carbonyl (C=O) groups excluding carboxylic acids is 2. The van der Waals surface area contributed by atoms with Gasteiger partial charge in [0.05, 0.1) is 16.0 Å². The van der Waals surface area contributed by atoms with Gasteiger partial charge in [0.25, 0.3) is 0 Å². The topological polar surface area (TPSA) is 52.6 Å². The minimum absolute atomic E-state index is 0.247. The molecule has 0 aromatic heterocycles. The largest absolute Gasteiger partial charge is 0.492 e. The number of carbonyl (C=O) groups is 2. The monoisotopic (exact) mass is 364 g/mol. The second kappa shape index (κ2) is 7.24. The minimum atomic E-state index is -0.446. The van der Waals surface area contributed by atoms with Gasteiger partial charge in [0.15, 0.2) is 12.4 Å². The summed E-state index contributed by atoms with van der Waals surface area (Å²) in [6, 6.07) is 12.1. The van der Waals surface area contributed by atoms with E-state index in [1.807, 2.05) is 24.3 Å². The van der Waals surface area contributed by atoms with Crippen LogP contribution in [0.3, 0.4) is 0 Å². The van der Waals surface area contributed by atoms with E-state index in [1.54, 1.807) is 6.07 Å². The number of ketones is 1. The molecule has 0 spiro atoms. The molecule has 0 bridgehead atoms. The maximum atomic E-state index is 12.2. The van der Waals surface area contributed by atoms with Gasteiger partial charge < -0.3 is 9.47 Å². The Hall–Kier alpha value is -2.04. The Bertz CT molecular complexity index is 788. The first-order valence-electron chi connectivity index (χ1n) is 7.40. The first-order chi connectivity index (χ1) is 11.5. The fourth-order valence-electron chi connectivity index (χ4n) is 2.49. The SMILES string of the molecule is O=C(COC(=O)[C@H]1COc2ccccc2C1)c1ccc(Cl)c(Cl)c1. The van der Waals surface area contributed by atoms with E-state index in [9.17, 15) is 9.59 Å². The lowest BCUT2D eigenvalue weighted by Gasteiger charge is -2.23. The van der Waals surface area contributed by atoms with E-state index in [2.05, 4.69) is 0 Å². The molecule has 0 amide bonds. The van der Waals surface area contributed by atoms with Crippen molar-refractivity contribution in [2.24, 2.45) is 5.92 Å². The highest BCUT2D eigenvalue weighted by Crippen LogP contribution is 2.27. The highest BCUT2D eigenvalue weighted by molar-refractivity contribution is 6.42. The molecule has 0 radical (unpaired) electrons. The number of benzene rings is 2. The van der Waals surface area contributed by atoms with Crippen molar-refractivity contribution < 1.29 is 19.1 Å². The Morgan fingerprint density at radius 2 is 1.92 bits per heavy atom. The van der Waals surface area contributed by atoms with Crippen molar-refractivity contribution in [2.45, 2.75) is 6.42 Å². The first-order valence-corrected chi connectivity index (χ1v) is 8.16. The third-order valence-electron chi connectivity index (χ3n) is 3.80. The average molecular weight is 365 g/mol. The Morgan fingerprint density at radius 3 is 2.71 bits per heavy atom. The number of Topliss-reactive ketones (excluding diaryl/α,β-unsaturated/α-hetero) is 1. The molecule has 0 N–H and O–H groups in total. The molecule has 0 fully saturated rings. The molecule has 2 aromatic carbocycles. The summed E-state index contributed by atoms with van der Waals surface area (Å²) in [5.74, 6) is -0.410. The lowest BCUT2D eigenvalue weighted by Crippen LogP contribution is -2.31. The minimum Gasteiger partial charge on any atom is -0.492 e. The Balaban J connectivity index is 1.58. The van der Waals surface area contributed by atoms with Gasteiger partial charge >= 0.3 is 5.97 Å². The normalized spacial score (nSPS) is 16.0. The molecule has 1 atom stereocenters. The van der Waals surface area contributed by atoms with Crippen LogP contribution in [0.4, 0.5) is 0 Å². The van der Waals surface area contributed by atoms with Gasteiger partial charge in [0.2, 0.25) is 0 Å². The van der Waals surface area contributed by atoms with Crippen LogP contribution in [0.15, 0.2) is 42.5 Å². The lowest BCUT2D eigenvalue weighted by atomic mass is 9.97. The maximum Gasteiger partial charge on any atom is 0.313 e. The molecule has 2 aromatic rings. The Labute approximate surface area is 149 Å². The Morgan fingerprint density at radius 1 is 1.12 bits per heavy atom. The van der Waals surface area contributed by atoms with Crippen LogP contribution in [-0.4, -0.2) is 25.0 Å². The summed E-state index contributed by atoms with van der Waals surface area (Å²) >= 11 is 11.7. The summed E-state index contributed by atoms with van der Waals surface area (Å²) in [4.78, 5) is 24.2. The van der Waals surface area contributed by atoms with Crippen molar-refractivity contribution in [3.8, 4) is 5.75 Å².